The number of carbonyl (C=O) groups is 1. The Labute approximate surface area is 267 Å². The van der Waals surface area contributed by atoms with E-state index in [1.54, 1.807) is 12.1 Å². The highest BCUT2D eigenvalue weighted by molar-refractivity contribution is 6.33. The first-order valence-electron chi connectivity index (χ1n) is 15.4. The zero-order valence-electron chi connectivity index (χ0n) is 25.3. The quantitative estimate of drug-likeness (QED) is 0.139. The molecule has 1 aromatic carbocycles. The number of hydrogen-bond acceptors (Lipinski definition) is 7. The molecule has 0 saturated heterocycles. The minimum Gasteiger partial charge on any atom is -0.481 e. The van der Waals surface area contributed by atoms with E-state index in [1.165, 1.54) is 109 Å². The average molecular weight is 644 g/mol. The normalized spacial score (nSPS) is 11.9. The largest absolute Gasteiger partial charge is 0.481 e. The summed E-state index contributed by atoms with van der Waals surface area (Å²) in [5.41, 5.74) is 0.669. The van der Waals surface area contributed by atoms with Gasteiger partial charge >= 0.3 is 0 Å². The number of halogens is 3. The van der Waals surface area contributed by atoms with E-state index in [-0.39, 0.29) is 16.5 Å². The summed E-state index contributed by atoms with van der Waals surface area (Å²) >= 11 is 17.2. The Hall–Kier alpha value is -2.16. The van der Waals surface area contributed by atoms with Crippen LogP contribution in [0.2, 0.25) is 15.6 Å². The van der Waals surface area contributed by atoms with E-state index in [2.05, 4.69) is 37.5 Å². The van der Waals surface area contributed by atoms with Crippen LogP contribution in [0.5, 0.6) is 0 Å². The van der Waals surface area contributed by atoms with Crippen molar-refractivity contribution in [1.82, 2.24) is 20.3 Å². The molecule has 236 valence electrons. The average Bonchev–Trinajstić information content (AvgIpc) is 3.45. The van der Waals surface area contributed by atoms with E-state index >= 15 is 0 Å². The van der Waals surface area contributed by atoms with Gasteiger partial charge in [0.05, 0.1) is 23.1 Å². The van der Waals surface area contributed by atoms with E-state index in [0.717, 1.165) is 20.0 Å². The van der Waals surface area contributed by atoms with Crippen molar-refractivity contribution < 1.29 is 9.90 Å². The highest BCUT2D eigenvalue weighted by Gasteiger charge is 2.06. The molecule has 1 aliphatic heterocycles. The number of benzene rings is 1. The molecular formula is C31H49Cl3N6O2. The SMILES string of the molecule is CC(=O)O.CCCCCCCCCCCCCCCCCC1=NCCN1.Clc1nc(Cl)nc(Nc2ccccc2Cl)n1. The smallest absolute Gasteiger partial charge is 0.300 e. The number of para-hydroxylation sites is 1. The Morgan fingerprint density at radius 1 is 0.810 bits per heavy atom. The van der Waals surface area contributed by atoms with Crippen LogP contribution < -0.4 is 10.6 Å². The summed E-state index contributed by atoms with van der Waals surface area (Å²) in [6, 6.07) is 7.18. The van der Waals surface area contributed by atoms with Gasteiger partial charge in [0.15, 0.2) is 0 Å². The predicted octanol–water partition coefficient (Wildman–Crippen LogP) is 9.92. The van der Waals surface area contributed by atoms with E-state index in [9.17, 15) is 0 Å². The maximum Gasteiger partial charge on any atom is 0.300 e. The van der Waals surface area contributed by atoms with Crippen LogP contribution in [-0.2, 0) is 4.79 Å². The van der Waals surface area contributed by atoms with Crippen molar-refractivity contribution in [2.45, 2.75) is 117 Å². The van der Waals surface area contributed by atoms with Gasteiger partial charge in [0.25, 0.3) is 5.97 Å². The van der Waals surface area contributed by atoms with Crippen molar-refractivity contribution in [3.63, 3.8) is 0 Å². The van der Waals surface area contributed by atoms with Crippen molar-refractivity contribution in [3.05, 3.63) is 39.9 Å². The number of nitrogens with one attached hydrogen (secondary N) is 2. The van der Waals surface area contributed by atoms with E-state index in [1.807, 2.05) is 12.1 Å². The van der Waals surface area contributed by atoms with Gasteiger partial charge in [0.2, 0.25) is 16.5 Å². The van der Waals surface area contributed by atoms with Crippen LogP contribution in [0.25, 0.3) is 0 Å². The minimum atomic E-state index is -0.833. The summed E-state index contributed by atoms with van der Waals surface area (Å²) in [5.74, 6) is 0.674. The summed E-state index contributed by atoms with van der Waals surface area (Å²) in [6.07, 6.45) is 22.8. The van der Waals surface area contributed by atoms with Gasteiger partial charge in [-0.25, -0.2) is 0 Å². The second kappa shape index (κ2) is 25.3. The Morgan fingerprint density at radius 3 is 1.74 bits per heavy atom. The molecular weight excluding hydrogens is 595 g/mol. The van der Waals surface area contributed by atoms with Crippen molar-refractivity contribution in [2.24, 2.45) is 4.99 Å². The van der Waals surface area contributed by atoms with Gasteiger partial charge in [-0.05, 0) is 41.8 Å². The number of aliphatic carboxylic acids is 1. The molecule has 2 aromatic rings. The molecule has 0 saturated carbocycles. The van der Waals surface area contributed by atoms with Crippen molar-refractivity contribution >= 4 is 58.2 Å². The van der Waals surface area contributed by atoms with Gasteiger partial charge in [0.1, 0.15) is 0 Å². The third kappa shape index (κ3) is 21.5. The lowest BCUT2D eigenvalue weighted by atomic mass is 10.0. The van der Waals surface area contributed by atoms with Crippen LogP contribution in [0, 0.1) is 0 Å². The minimum absolute atomic E-state index is 0.0227. The third-order valence-electron chi connectivity index (χ3n) is 6.46. The molecule has 8 nitrogen and oxygen atoms in total. The Kier molecular flexibility index (Phi) is 22.9. The Bertz CT molecular complexity index is 1000. The third-order valence-corrected chi connectivity index (χ3v) is 7.13. The molecule has 0 aliphatic carbocycles. The van der Waals surface area contributed by atoms with Crippen molar-refractivity contribution in [3.8, 4) is 0 Å². The Balaban J connectivity index is 0.000000385. The van der Waals surface area contributed by atoms with Crippen molar-refractivity contribution in [1.29, 1.82) is 0 Å². The number of carboxylic acids is 1. The lowest BCUT2D eigenvalue weighted by Gasteiger charge is -2.06. The molecule has 42 heavy (non-hydrogen) atoms. The van der Waals surface area contributed by atoms with Crippen LogP contribution in [0.4, 0.5) is 11.6 Å². The molecule has 0 fully saturated rings. The second-order valence-electron chi connectivity index (χ2n) is 10.3. The fourth-order valence-electron chi connectivity index (χ4n) is 4.34. The van der Waals surface area contributed by atoms with Gasteiger partial charge in [0, 0.05) is 19.9 Å². The van der Waals surface area contributed by atoms with Crippen LogP contribution in [0.1, 0.15) is 117 Å². The van der Waals surface area contributed by atoms with Gasteiger partial charge in [-0.1, -0.05) is 121 Å². The monoisotopic (exact) mass is 642 g/mol. The molecule has 0 bridgehead atoms. The highest BCUT2D eigenvalue weighted by atomic mass is 35.5. The second-order valence-corrected chi connectivity index (χ2v) is 11.4. The molecule has 1 aromatic heterocycles. The first kappa shape index (κ1) is 37.9. The molecule has 3 rings (SSSR count). The molecule has 0 amide bonds. The molecule has 2 heterocycles. The van der Waals surface area contributed by atoms with Crippen LogP contribution in [0.15, 0.2) is 29.3 Å². The molecule has 0 radical (unpaired) electrons. The van der Waals surface area contributed by atoms with Gasteiger partial charge in [-0.2, -0.15) is 15.0 Å². The first-order chi connectivity index (χ1) is 20.3. The number of amidine groups is 1. The topological polar surface area (TPSA) is 112 Å². The van der Waals surface area contributed by atoms with Crippen LogP contribution in [-0.4, -0.2) is 45.0 Å². The molecule has 3 N–H and O–H groups in total. The maximum atomic E-state index is 9.00. The zero-order chi connectivity index (χ0) is 30.8. The molecule has 1 aliphatic rings. The number of aliphatic imine (C=N–C) groups is 1. The summed E-state index contributed by atoms with van der Waals surface area (Å²) in [6.45, 7) is 5.43. The van der Waals surface area contributed by atoms with Gasteiger partial charge < -0.3 is 15.7 Å². The summed E-state index contributed by atoms with van der Waals surface area (Å²) in [7, 11) is 0. The molecule has 0 atom stereocenters. The van der Waals surface area contributed by atoms with E-state index in [4.69, 9.17) is 44.7 Å². The predicted molar refractivity (Wildman–Crippen MR) is 178 cm³/mol. The number of rotatable bonds is 18. The number of carboxylic acid groups (broad SMARTS) is 1. The maximum absolute atomic E-state index is 9.00. The lowest BCUT2D eigenvalue weighted by Crippen LogP contribution is -2.17. The number of hydrogen-bond donors (Lipinski definition) is 3. The summed E-state index contributed by atoms with van der Waals surface area (Å²) < 4.78 is 0. The van der Waals surface area contributed by atoms with E-state index in [0.29, 0.717) is 10.7 Å². The number of aromatic nitrogens is 3. The molecule has 11 heteroatoms. The number of unbranched alkanes of at least 4 members (excludes halogenated alkanes) is 14. The van der Waals surface area contributed by atoms with Crippen LogP contribution >= 0.6 is 34.8 Å². The lowest BCUT2D eigenvalue weighted by molar-refractivity contribution is -0.134. The standard InChI is InChI=1S/C20H40N2.C9H5Cl3N4.C2H4O2/c1-2-3-4-5-6-7-8-9-10-11-12-13-14-15-16-17-20-21-18-19-22-20;10-5-3-1-2-4-6(5)13-9-15-7(11)14-8(12)16-9;1-2(3)4/h2-19H2,1H3,(H,21,22);1-4H,(H,13,14,15,16);1H3,(H,3,4). The fraction of sp³-hybridized carbons (Fsp3) is 0.645. The molecule has 0 unspecified atom stereocenters. The van der Waals surface area contributed by atoms with Crippen LogP contribution in [0.3, 0.4) is 0 Å². The van der Waals surface area contributed by atoms with Gasteiger partial charge in [-0.3, -0.25) is 9.79 Å². The number of anilines is 2. The molecule has 0 spiro atoms. The number of nitrogens with zero attached hydrogens (tertiary/aromatic N) is 4. The summed E-state index contributed by atoms with van der Waals surface area (Å²) in [4.78, 5) is 24.8. The Morgan fingerprint density at radius 2 is 1.29 bits per heavy atom. The summed E-state index contributed by atoms with van der Waals surface area (Å²) in [5, 5.41) is 14.3. The van der Waals surface area contributed by atoms with Crippen molar-refractivity contribution in [2.75, 3.05) is 18.4 Å². The first-order valence-corrected chi connectivity index (χ1v) is 16.5. The van der Waals surface area contributed by atoms with E-state index < -0.39 is 5.97 Å². The zero-order valence-corrected chi connectivity index (χ0v) is 27.6. The highest BCUT2D eigenvalue weighted by Crippen LogP contribution is 2.24. The van der Waals surface area contributed by atoms with Gasteiger partial charge in [-0.15, -0.1) is 0 Å². The fourth-order valence-corrected chi connectivity index (χ4v) is 4.89.